The SMILES string of the molecule is OCCCCNC(c1ccc(O)cc1)c1ccc(Cl)cc1. The summed E-state index contributed by atoms with van der Waals surface area (Å²) >= 11 is 5.95. The smallest absolute Gasteiger partial charge is 0.115 e. The molecule has 4 heteroatoms. The lowest BCUT2D eigenvalue weighted by Gasteiger charge is -2.20. The monoisotopic (exact) mass is 305 g/mol. The highest BCUT2D eigenvalue weighted by atomic mass is 35.5. The third kappa shape index (κ3) is 4.74. The minimum Gasteiger partial charge on any atom is -0.508 e. The van der Waals surface area contributed by atoms with Crippen molar-refractivity contribution in [2.75, 3.05) is 13.2 Å². The van der Waals surface area contributed by atoms with Crippen LogP contribution in [0.4, 0.5) is 0 Å². The van der Waals surface area contributed by atoms with Crippen LogP contribution in [0.1, 0.15) is 30.0 Å². The van der Waals surface area contributed by atoms with E-state index in [9.17, 15) is 5.11 Å². The third-order valence-electron chi connectivity index (χ3n) is 3.36. The van der Waals surface area contributed by atoms with Crippen LogP contribution < -0.4 is 5.32 Å². The number of rotatable bonds is 7. The van der Waals surface area contributed by atoms with Crippen LogP contribution in [-0.2, 0) is 0 Å². The lowest BCUT2D eigenvalue weighted by atomic mass is 9.98. The van der Waals surface area contributed by atoms with Gasteiger partial charge < -0.3 is 15.5 Å². The van der Waals surface area contributed by atoms with Crippen LogP contribution in [0.5, 0.6) is 5.75 Å². The van der Waals surface area contributed by atoms with Crippen LogP contribution in [0.15, 0.2) is 48.5 Å². The van der Waals surface area contributed by atoms with Gasteiger partial charge in [-0.2, -0.15) is 0 Å². The fourth-order valence-corrected chi connectivity index (χ4v) is 2.36. The highest BCUT2D eigenvalue weighted by molar-refractivity contribution is 6.30. The fraction of sp³-hybridized carbons (Fsp3) is 0.294. The number of aliphatic hydroxyl groups is 1. The van der Waals surface area contributed by atoms with E-state index >= 15 is 0 Å². The normalized spacial score (nSPS) is 12.3. The second kappa shape index (κ2) is 8.03. The first-order valence-corrected chi connectivity index (χ1v) is 7.47. The van der Waals surface area contributed by atoms with Crippen molar-refractivity contribution >= 4 is 11.6 Å². The summed E-state index contributed by atoms with van der Waals surface area (Å²) in [5, 5.41) is 22.5. The van der Waals surface area contributed by atoms with Gasteiger partial charge in [-0.1, -0.05) is 35.9 Å². The molecular weight excluding hydrogens is 286 g/mol. The first-order chi connectivity index (χ1) is 10.2. The van der Waals surface area contributed by atoms with Gasteiger partial charge in [0.1, 0.15) is 5.75 Å². The van der Waals surface area contributed by atoms with Crippen molar-refractivity contribution in [1.82, 2.24) is 5.32 Å². The molecule has 0 aliphatic rings. The van der Waals surface area contributed by atoms with Gasteiger partial charge in [0.25, 0.3) is 0 Å². The Morgan fingerprint density at radius 1 is 0.905 bits per heavy atom. The van der Waals surface area contributed by atoms with Crippen molar-refractivity contribution in [3.63, 3.8) is 0 Å². The summed E-state index contributed by atoms with van der Waals surface area (Å²) in [4.78, 5) is 0. The highest BCUT2D eigenvalue weighted by Gasteiger charge is 2.13. The van der Waals surface area contributed by atoms with Crippen molar-refractivity contribution in [1.29, 1.82) is 0 Å². The van der Waals surface area contributed by atoms with Crippen LogP contribution in [0.25, 0.3) is 0 Å². The molecule has 2 rings (SSSR count). The highest BCUT2D eigenvalue weighted by Crippen LogP contribution is 2.25. The maximum Gasteiger partial charge on any atom is 0.115 e. The first kappa shape index (κ1) is 15.8. The van der Waals surface area contributed by atoms with E-state index in [2.05, 4.69) is 5.32 Å². The van der Waals surface area contributed by atoms with Crippen LogP contribution >= 0.6 is 11.6 Å². The van der Waals surface area contributed by atoms with E-state index in [1.54, 1.807) is 12.1 Å². The van der Waals surface area contributed by atoms with Gasteiger partial charge in [0.15, 0.2) is 0 Å². The summed E-state index contributed by atoms with van der Waals surface area (Å²) in [6, 6.07) is 15.0. The van der Waals surface area contributed by atoms with Gasteiger partial charge in [-0.3, -0.25) is 0 Å². The van der Waals surface area contributed by atoms with E-state index in [1.165, 1.54) is 0 Å². The average molecular weight is 306 g/mol. The summed E-state index contributed by atoms with van der Waals surface area (Å²) in [5.41, 5.74) is 2.20. The second-order valence-electron chi connectivity index (χ2n) is 4.96. The van der Waals surface area contributed by atoms with Crippen molar-refractivity contribution in [3.05, 3.63) is 64.7 Å². The number of aromatic hydroxyl groups is 1. The number of halogens is 1. The molecular formula is C17H20ClNO2. The summed E-state index contributed by atoms with van der Waals surface area (Å²) in [6.07, 6.45) is 1.70. The molecule has 0 heterocycles. The Morgan fingerprint density at radius 2 is 1.48 bits per heavy atom. The Kier molecular flexibility index (Phi) is 6.05. The largest absolute Gasteiger partial charge is 0.508 e. The summed E-state index contributed by atoms with van der Waals surface area (Å²) < 4.78 is 0. The molecule has 0 aliphatic heterocycles. The molecule has 0 amide bonds. The molecule has 21 heavy (non-hydrogen) atoms. The number of aliphatic hydroxyl groups excluding tert-OH is 1. The fourth-order valence-electron chi connectivity index (χ4n) is 2.23. The predicted molar refractivity (Wildman–Crippen MR) is 85.7 cm³/mol. The van der Waals surface area contributed by atoms with Gasteiger partial charge in [-0.25, -0.2) is 0 Å². The number of nitrogens with one attached hydrogen (secondary N) is 1. The zero-order valence-corrected chi connectivity index (χ0v) is 12.6. The zero-order chi connectivity index (χ0) is 15.1. The van der Waals surface area contributed by atoms with E-state index in [-0.39, 0.29) is 18.4 Å². The Labute approximate surface area is 130 Å². The van der Waals surface area contributed by atoms with Crippen LogP contribution in [-0.4, -0.2) is 23.4 Å². The summed E-state index contributed by atoms with van der Waals surface area (Å²) in [5.74, 6) is 0.258. The van der Waals surface area contributed by atoms with Gasteiger partial charge in [0, 0.05) is 11.6 Å². The van der Waals surface area contributed by atoms with Crippen molar-refractivity contribution in [3.8, 4) is 5.75 Å². The van der Waals surface area contributed by atoms with E-state index in [1.807, 2.05) is 36.4 Å². The third-order valence-corrected chi connectivity index (χ3v) is 3.62. The Balaban J connectivity index is 2.17. The molecule has 1 unspecified atom stereocenters. The molecule has 2 aromatic carbocycles. The van der Waals surface area contributed by atoms with E-state index in [0.29, 0.717) is 5.02 Å². The maximum atomic E-state index is 9.43. The molecule has 112 valence electrons. The maximum absolute atomic E-state index is 9.43. The van der Waals surface area contributed by atoms with Crippen LogP contribution in [0, 0.1) is 0 Å². The van der Waals surface area contributed by atoms with Gasteiger partial charge in [0.2, 0.25) is 0 Å². The standard InChI is InChI=1S/C17H20ClNO2/c18-15-7-3-13(4-8-15)17(19-11-1-2-12-20)14-5-9-16(21)10-6-14/h3-10,17,19-21H,1-2,11-12H2. The van der Waals surface area contributed by atoms with Gasteiger partial charge in [-0.05, 0) is 54.8 Å². The molecule has 3 nitrogen and oxygen atoms in total. The zero-order valence-electron chi connectivity index (χ0n) is 11.8. The number of phenolic OH excluding ortho intramolecular Hbond substituents is 1. The molecule has 0 aliphatic carbocycles. The minimum absolute atomic E-state index is 0.0431. The lowest BCUT2D eigenvalue weighted by Crippen LogP contribution is -2.23. The van der Waals surface area contributed by atoms with E-state index < -0.39 is 0 Å². The number of benzene rings is 2. The predicted octanol–water partition coefficient (Wildman–Crippen LogP) is 3.50. The van der Waals surface area contributed by atoms with Gasteiger partial charge in [-0.15, -0.1) is 0 Å². The van der Waals surface area contributed by atoms with Gasteiger partial charge in [0.05, 0.1) is 6.04 Å². The summed E-state index contributed by atoms with van der Waals surface area (Å²) in [7, 11) is 0. The first-order valence-electron chi connectivity index (χ1n) is 7.09. The quantitative estimate of drug-likeness (QED) is 0.686. The number of phenols is 1. The van der Waals surface area contributed by atoms with Crippen molar-refractivity contribution in [2.24, 2.45) is 0 Å². The molecule has 0 radical (unpaired) electrons. The number of unbranched alkanes of at least 4 members (excludes halogenated alkanes) is 1. The number of hydrogen-bond donors (Lipinski definition) is 3. The van der Waals surface area contributed by atoms with Crippen molar-refractivity contribution < 1.29 is 10.2 Å². The minimum atomic E-state index is 0.0431. The van der Waals surface area contributed by atoms with E-state index in [0.717, 1.165) is 30.5 Å². The Hall–Kier alpha value is -1.55. The molecule has 0 saturated carbocycles. The molecule has 0 spiro atoms. The Morgan fingerprint density at radius 3 is 2.05 bits per heavy atom. The van der Waals surface area contributed by atoms with Crippen molar-refractivity contribution in [2.45, 2.75) is 18.9 Å². The molecule has 1 atom stereocenters. The van der Waals surface area contributed by atoms with Crippen LogP contribution in [0.2, 0.25) is 5.02 Å². The topological polar surface area (TPSA) is 52.5 Å². The summed E-state index contributed by atoms with van der Waals surface area (Å²) in [6.45, 7) is 1.03. The number of hydrogen-bond acceptors (Lipinski definition) is 3. The molecule has 0 aromatic heterocycles. The van der Waals surface area contributed by atoms with E-state index in [4.69, 9.17) is 16.7 Å². The molecule has 0 saturated heterocycles. The van der Waals surface area contributed by atoms with Crippen LogP contribution in [0.3, 0.4) is 0 Å². The molecule has 3 N–H and O–H groups in total. The lowest BCUT2D eigenvalue weighted by molar-refractivity contribution is 0.283. The molecule has 2 aromatic rings. The average Bonchev–Trinajstić information content (AvgIpc) is 2.50. The van der Waals surface area contributed by atoms with Gasteiger partial charge >= 0.3 is 0 Å². The Bertz CT molecular complexity index is 494. The molecule has 0 fully saturated rings. The molecule has 0 bridgehead atoms. The second-order valence-corrected chi connectivity index (χ2v) is 5.40.